The monoisotopic (exact) mass is 363 g/mol. The van der Waals surface area contributed by atoms with Gasteiger partial charge in [-0.25, -0.2) is 0 Å². The minimum absolute atomic E-state index is 0.514. The van der Waals surface area contributed by atoms with E-state index in [-0.39, 0.29) is 0 Å². The second-order valence-electron chi connectivity index (χ2n) is 7.66. The molecule has 1 aromatic carbocycles. The number of aryl methyl sites for hydroxylation is 1. The molecule has 2 heterocycles. The molecule has 0 N–H and O–H groups in total. The molecule has 0 saturated heterocycles. The van der Waals surface area contributed by atoms with Gasteiger partial charge in [0.15, 0.2) is 5.65 Å². The van der Waals surface area contributed by atoms with Gasteiger partial charge in [-0.2, -0.15) is 0 Å². The highest BCUT2D eigenvalue weighted by Crippen LogP contribution is 2.31. The molecule has 0 radical (unpaired) electrons. The molecule has 27 heavy (non-hydrogen) atoms. The first kappa shape index (κ1) is 18.0. The molecule has 4 nitrogen and oxygen atoms in total. The first-order chi connectivity index (χ1) is 13.3. The molecule has 0 aliphatic heterocycles. The Kier molecular flexibility index (Phi) is 5.71. The topological polar surface area (TPSA) is 39.4 Å². The lowest BCUT2D eigenvalue weighted by Gasteiger charge is -2.12. The lowest BCUT2D eigenvalue weighted by Crippen LogP contribution is -2.05. The Labute approximate surface area is 161 Å². The summed E-state index contributed by atoms with van der Waals surface area (Å²) in [7, 11) is 0. The molecule has 3 aromatic rings. The van der Waals surface area contributed by atoms with Crippen LogP contribution >= 0.6 is 0 Å². The number of fused-ring (bicyclic) bond motifs is 1. The van der Waals surface area contributed by atoms with E-state index in [9.17, 15) is 0 Å². The van der Waals surface area contributed by atoms with Crippen LogP contribution in [0.5, 0.6) is 5.75 Å². The van der Waals surface area contributed by atoms with E-state index in [1.54, 1.807) is 0 Å². The van der Waals surface area contributed by atoms with Crippen molar-refractivity contribution in [3.8, 4) is 5.75 Å². The number of pyridine rings is 1. The summed E-state index contributed by atoms with van der Waals surface area (Å²) in [5, 5.41) is 9.07. The third-order valence-corrected chi connectivity index (χ3v) is 5.62. The Bertz CT molecular complexity index is 861. The molecule has 1 aliphatic carbocycles. The van der Waals surface area contributed by atoms with Gasteiger partial charge < -0.3 is 4.74 Å². The number of hydrogen-bond acceptors (Lipinski definition) is 3. The fourth-order valence-corrected chi connectivity index (χ4v) is 4.12. The van der Waals surface area contributed by atoms with Gasteiger partial charge in [0.05, 0.1) is 0 Å². The van der Waals surface area contributed by atoms with E-state index < -0.39 is 0 Å². The van der Waals surface area contributed by atoms with Crippen molar-refractivity contribution in [3.63, 3.8) is 0 Å². The normalized spacial score (nSPS) is 15.7. The van der Waals surface area contributed by atoms with Crippen molar-refractivity contribution in [2.75, 3.05) is 0 Å². The number of nitrogens with zero attached hydrogens (tertiary/aromatic N) is 3. The Morgan fingerprint density at radius 3 is 2.52 bits per heavy atom. The first-order valence-corrected chi connectivity index (χ1v) is 10.4. The summed E-state index contributed by atoms with van der Waals surface area (Å²) in [6.07, 6.45) is 12.1. The van der Waals surface area contributed by atoms with E-state index in [2.05, 4.69) is 64.1 Å². The molecule has 4 heteroatoms. The van der Waals surface area contributed by atoms with Gasteiger partial charge in [0.2, 0.25) is 0 Å². The number of benzene rings is 1. The van der Waals surface area contributed by atoms with Crippen molar-refractivity contribution in [1.82, 2.24) is 14.6 Å². The van der Waals surface area contributed by atoms with E-state index in [4.69, 9.17) is 4.74 Å². The fraction of sp³-hybridized carbons (Fsp3) is 0.478. The van der Waals surface area contributed by atoms with Crippen molar-refractivity contribution in [1.29, 1.82) is 0 Å². The van der Waals surface area contributed by atoms with Crippen molar-refractivity contribution >= 4 is 5.65 Å². The van der Waals surface area contributed by atoms with Crippen LogP contribution in [0.2, 0.25) is 0 Å². The van der Waals surface area contributed by atoms with Gasteiger partial charge in [-0.15, -0.1) is 10.2 Å². The highest BCUT2D eigenvalue weighted by atomic mass is 16.5. The van der Waals surface area contributed by atoms with Gasteiger partial charge in [0.1, 0.15) is 18.2 Å². The summed E-state index contributed by atoms with van der Waals surface area (Å²) < 4.78 is 8.21. The Hall–Kier alpha value is -2.36. The smallest absolute Gasteiger partial charge is 0.167 e. The highest BCUT2D eigenvalue weighted by Gasteiger charge is 2.20. The molecule has 142 valence electrons. The van der Waals surface area contributed by atoms with Gasteiger partial charge >= 0.3 is 0 Å². The molecule has 4 rings (SSSR count). The lowest BCUT2D eigenvalue weighted by molar-refractivity contribution is 0.307. The summed E-state index contributed by atoms with van der Waals surface area (Å²) in [6, 6.07) is 12.6. The van der Waals surface area contributed by atoms with Crippen LogP contribution in [-0.2, 0) is 13.0 Å². The molecular formula is C23H29N3O. The number of hydrogen-bond donors (Lipinski definition) is 0. The molecule has 1 fully saturated rings. The second-order valence-corrected chi connectivity index (χ2v) is 7.66. The van der Waals surface area contributed by atoms with Crippen molar-refractivity contribution in [2.24, 2.45) is 0 Å². The van der Waals surface area contributed by atoms with Crippen molar-refractivity contribution < 1.29 is 4.74 Å². The zero-order chi connectivity index (χ0) is 18.5. The first-order valence-electron chi connectivity index (χ1n) is 10.4. The predicted octanol–water partition coefficient (Wildman–Crippen LogP) is 5.70. The van der Waals surface area contributed by atoms with Crippen molar-refractivity contribution in [3.05, 3.63) is 59.5 Å². The molecule has 1 saturated carbocycles. The molecule has 2 aromatic heterocycles. The number of aromatic nitrogens is 3. The van der Waals surface area contributed by atoms with E-state index in [0.29, 0.717) is 12.5 Å². The maximum absolute atomic E-state index is 6.03. The second kappa shape index (κ2) is 8.55. The molecular weight excluding hydrogens is 334 g/mol. The Morgan fingerprint density at radius 2 is 1.78 bits per heavy atom. The van der Waals surface area contributed by atoms with Crippen LogP contribution in [-0.4, -0.2) is 14.6 Å². The molecule has 0 bridgehead atoms. The van der Waals surface area contributed by atoms with Gasteiger partial charge in [-0.1, -0.05) is 57.2 Å². The van der Waals surface area contributed by atoms with Crippen LogP contribution in [0.25, 0.3) is 5.65 Å². The third kappa shape index (κ3) is 4.15. The van der Waals surface area contributed by atoms with Crippen LogP contribution in [0.4, 0.5) is 0 Å². The molecule has 0 unspecified atom stereocenters. The summed E-state index contributed by atoms with van der Waals surface area (Å²) >= 11 is 0. The zero-order valence-corrected chi connectivity index (χ0v) is 16.2. The predicted molar refractivity (Wildman–Crippen MR) is 108 cm³/mol. The van der Waals surface area contributed by atoms with Crippen LogP contribution in [0.3, 0.4) is 0 Å². The Balaban J connectivity index is 1.50. The molecule has 1 aliphatic rings. The van der Waals surface area contributed by atoms with Crippen molar-refractivity contribution in [2.45, 2.75) is 70.8 Å². The maximum Gasteiger partial charge on any atom is 0.167 e. The number of ether oxygens (including phenoxy) is 1. The van der Waals surface area contributed by atoms with E-state index in [1.165, 1.54) is 50.5 Å². The van der Waals surface area contributed by atoms with E-state index in [1.807, 2.05) is 0 Å². The quantitative estimate of drug-likeness (QED) is 0.527. The number of rotatable bonds is 6. The SMILES string of the molecule is CCCc1ccc(OCc2cccn3c(C4CCCCCC4)nnc23)cc1. The molecule has 0 amide bonds. The maximum atomic E-state index is 6.03. The third-order valence-electron chi connectivity index (χ3n) is 5.62. The van der Waals surface area contributed by atoms with Crippen LogP contribution in [0, 0.1) is 0 Å². The van der Waals surface area contributed by atoms with Gasteiger partial charge in [0.25, 0.3) is 0 Å². The fourth-order valence-electron chi connectivity index (χ4n) is 4.12. The van der Waals surface area contributed by atoms with Gasteiger partial charge in [-0.3, -0.25) is 4.40 Å². The van der Waals surface area contributed by atoms with Gasteiger partial charge in [-0.05, 0) is 43.0 Å². The van der Waals surface area contributed by atoms with Crippen LogP contribution in [0.1, 0.15) is 74.7 Å². The molecule has 0 spiro atoms. The zero-order valence-electron chi connectivity index (χ0n) is 16.2. The van der Waals surface area contributed by atoms with Gasteiger partial charge in [0, 0.05) is 17.7 Å². The Morgan fingerprint density at radius 1 is 1.00 bits per heavy atom. The average Bonchev–Trinajstić information content (AvgIpc) is 2.95. The van der Waals surface area contributed by atoms with Crippen LogP contribution in [0.15, 0.2) is 42.6 Å². The minimum Gasteiger partial charge on any atom is -0.489 e. The highest BCUT2D eigenvalue weighted by molar-refractivity contribution is 5.47. The van der Waals surface area contributed by atoms with E-state index in [0.717, 1.165) is 29.2 Å². The average molecular weight is 364 g/mol. The molecule has 0 atom stereocenters. The summed E-state index contributed by atoms with van der Waals surface area (Å²) in [4.78, 5) is 0. The lowest BCUT2D eigenvalue weighted by atomic mass is 9.99. The minimum atomic E-state index is 0.514. The standard InChI is InChI=1S/C23H29N3O/c1-2-8-18-12-14-21(15-13-18)27-17-20-11-7-16-26-22(24-25-23(20)26)19-9-5-3-4-6-10-19/h7,11-16,19H,2-6,8-10,17H2,1H3. The summed E-state index contributed by atoms with van der Waals surface area (Å²) in [5.41, 5.74) is 3.37. The largest absolute Gasteiger partial charge is 0.489 e. The summed E-state index contributed by atoms with van der Waals surface area (Å²) in [5.74, 6) is 2.56. The summed E-state index contributed by atoms with van der Waals surface area (Å²) in [6.45, 7) is 2.72. The van der Waals surface area contributed by atoms with E-state index >= 15 is 0 Å². The van der Waals surface area contributed by atoms with Crippen LogP contribution < -0.4 is 4.74 Å².